The highest BCUT2D eigenvalue weighted by Crippen LogP contribution is 2.10. The fourth-order valence-corrected chi connectivity index (χ4v) is 2.00. The number of benzene rings is 1. The summed E-state index contributed by atoms with van der Waals surface area (Å²) in [5.74, 6) is 1.16. The number of phenols is 1. The molecular weight excluding hydrogens is 240 g/mol. The van der Waals surface area contributed by atoms with Gasteiger partial charge in [0.05, 0.1) is 6.54 Å². The van der Waals surface area contributed by atoms with E-state index in [1.165, 1.54) is 0 Å². The molecule has 0 saturated carbocycles. The fraction of sp³-hybridized carbons (Fsp3) is 0.143. The fourth-order valence-electron chi connectivity index (χ4n) is 2.00. The van der Waals surface area contributed by atoms with Crippen molar-refractivity contribution in [3.8, 4) is 5.75 Å². The second-order valence-corrected chi connectivity index (χ2v) is 4.32. The summed E-state index contributed by atoms with van der Waals surface area (Å²) < 4.78 is 1.95. The summed E-state index contributed by atoms with van der Waals surface area (Å²) >= 11 is 0. The van der Waals surface area contributed by atoms with E-state index in [4.69, 9.17) is 0 Å². The Bertz CT molecular complexity index is 692. The van der Waals surface area contributed by atoms with E-state index in [0.29, 0.717) is 13.1 Å². The number of nitrogens with zero attached hydrogens (tertiary/aromatic N) is 3. The van der Waals surface area contributed by atoms with E-state index in [-0.39, 0.29) is 5.75 Å². The van der Waals surface area contributed by atoms with Crippen molar-refractivity contribution < 1.29 is 5.11 Å². The van der Waals surface area contributed by atoms with Gasteiger partial charge in [0.15, 0.2) is 11.5 Å². The highest BCUT2D eigenvalue weighted by Gasteiger charge is 2.03. The molecule has 2 aromatic heterocycles. The Balaban J connectivity index is 1.66. The minimum Gasteiger partial charge on any atom is -0.508 e. The first-order valence-corrected chi connectivity index (χ1v) is 6.10. The molecule has 3 rings (SSSR count). The van der Waals surface area contributed by atoms with E-state index >= 15 is 0 Å². The van der Waals surface area contributed by atoms with Crippen molar-refractivity contribution in [1.29, 1.82) is 0 Å². The maximum absolute atomic E-state index is 9.38. The molecule has 0 radical (unpaired) electrons. The molecule has 5 nitrogen and oxygen atoms in total. The number of pyridine rings is 1. The molecule has 3 aromatic rings. The van der Waals surface area contributed by atoms with Gasteiger partial charge < -0.3 is 10.4 Å². The third-order valence-corrected chi connectivity index (χ3v) is 2.91. The molecule has 0 amide bonds. The summed E-state index contributed by atoms with van der Waals surface area (Å²) in [5.41, 5.74) is 1.88. The van der Waals surface area contributed by atoms with E-state index in [0.717, 1.165) is 17.0 Å². The molecule has 0 bridgehead atoms. The van der Waals surface area contributed by atoms with E-state index in [1.807, 2.05) is 40.9 Å². The quantitative estimate of drug-likeness (QED) is 0.744. The molecule has 2 N–H and O–H groups in total. The average Bonchev–Trinajstić information content (AvgIpc) is 2.83. The topological polar surface area (TPSA) is 62.5 Å². The normalized spacial score (nSPS) is 10.9. The van der Waals surface area contributed by atoms with Crippen molar-refractivity contribution in [1.82, 2.24) is 19.9 Å². The van der Waals surface area contributed by atoms with Crippen molar-refractivity contribution in [2.24, 2.45) is 0 Å². The van der Waals surface area contributed by atoms with Crippen LogP contribution >= 0.6 is 0 Å². The van der Waals surface area contributed by atoms with Crippen LogP contribution < -0.4 is 5.32 Å². The Kier molecular flexibility index (Phi) is 3.12. The molecule has 0 saturated heterocycles. The lowest BCUT2D eigenvalue weighted by molar-refractivity contribution is 0.474. The molecule has 0 spiro atoms. The maximum Gasteiger partial charge on any atom is 0.160 e. The zero-order chi connectivity index (χ0) is 13.1. The van der Waals surface area contributed by atoms with Crippen LogP contribution in [0.2, 0.25) is 0 Å². The number of aromatic nitrogens is 3. The zero-order valence-electron chi connectivity index (χ0n) is 10.3. The lowest BCUT2D eigenvalue weighted by atomic mass is 10.2. The second kappa shape index (κ2) is 5.07. The van der Waals surface area contributed by atoms with Crippen molar-refractivity contribution in [2.45, 2.75) is 13.1 Å². The van der Waals surface area contributed by atoms with Gasteiger partial charge in [0.1, 0.15) is 5.75 Å². The maximum atomic E-state index is 9.38. The zero-order valence-corrected chi connectivity index (χ0v) is 10.3. The molecule has 1 aromatic carbocycles. The highest BCUT2D eigenvalue weighted by molar-refractivity contribution is 5.37. The van der Waals surface area contributed by atoms with Crippen molar-refractivity contribution >= 4 is 5.65 Å². The molecule has 0 atom stereocenters. The average molecular weight is 254 g/mol. The van der Waals surface area contributed by atoms with E-state index < -0.39 is 0 Å². The van der Waals surface area contributed by atoms with Gasteiger partial charge in [-0.2, -0.15) is 0 Å². The molecule has 0 aliphatic rings. The molecule has 0 aliphatic carbocycles. The summed E-state index contributed by atoms with van der Waals surface area (Å²) in [6.45, 7) is 1.30. The summed E-state index contributed by atoms with van der Waals surface area (Å²) in [6, 6.07) is 13.0. The molecule has 5 heteroatoms. The van der Waals surface area contributed by atoms with Crippen LogP contribution in [0.5, 0.6) is 5.75 Å². The number of hydrogen-bond acceptors (Lipinski definition) is 4. The second-order valence-electron chi connectivity index (χ2n) is 4.32. The summed E-state index contributed by atoms with van der Waals surface area (Å²) in [5, 5.41) is 20.9. The third-order valence-electron chi connectivity index (χ3n) is 2.91. The van der Waals surface area contributed by atoms with Gasteiger partial charge >= 0.3 is 0 Å². The van der Waals surface area contributed by atoms with Crippen LogP contribution in [-0.2, 0) is 13.1 Å². The molecule has 2 heterocycles. The Labute approximate surface area is 110 Å². The Morgan fingerprint density at radius 3 is 2.89 bits per heavy atom. The number of phenolic OH excluding ortho intramolecular Hbond substituents is 1. The number of fused-ring (bicyclic) bond motifs is 1. The SMILES string of the molecule is Oc1cccc(CNCc2nnc3ccccn23)c1. The number of hydrogen-bond donors (Lipinski definition) is 2. The number of aromatic hydroxyl groups is 1. The first kappa shape index (κ1) is 11.7. The smallest absolute Gasteiger partial charge is 0.160 e. The predicted octanol–water partition coefficient (Wildman–Crippen LogP) is 1.72. The van der Waals surface area contributed by atoms with Gasteiger partial charge in [0.2, 0.25) is 0 Å². The molecular formula is C14H14N4O. The summed E-state index contributed by atoms with van der Waals surface area (Å²) in [6.07, 6.45) is 1.95. The minimum absolute atomic E-state index is 0.284. The first-order chi connectivity index (χ1) is 9.33. The van der Waals surface area contributed by atoms with Crippen LogP contribution in [0.25, 0.3) is 5.65 Å². The van der Waals surface area contributed by atoms with E-state index in [9.17, 15) is 5.11 Å². The highest BCUT2D eigenvalue weighted by atomic mass is 16.3. The van der Waals surface area contributed by atoms with Crippen molar-refractivity contribution in [2.75, 3.05) is 0 Å². The Morgan fingerprint density at radius 2 is 2.00 bits per heavy atom. The number of rotatable bonds is 4. The largest absolute Gasteiger partial charge is 0.508 e. The monoisotopic (exact) mass is 254 g/mol. The lowest BCUT2D eigenvalue weighted by Gasteiger charge is -2.04. The van der Waals surface area contributed by atoms with Gasteiger partial charge in [-0.3, -0.25) is 4.40 Å². The van der Waals surface area contributed by atoms with Crippen molar-refractivity contribution in [3.05, 3.63) is 60.0 Å². The lowest BCUT2D eigenvalue weighted by Crippen LogP contribution is -2.14. The van der Waals surface area contributed by atoms with Crippen molar-refractivity contribution in [3.63, 3.8) is 0 Å². The third kappa shape index (κ3) is 2.56. The van der Waals surface area contributed by atoms with Gasteiger partial charge in [0.25, 0.3) is 0 Å². The van der Waals surface area contributed by atoms with Gasteiger partial charge in [-0.05, 0) is 29.8 Å². The van der Waals surface area contributed by atoms with Gasteiger partial charge in [-0.1, -0.05) is 18.2 Å². The van der Waals surface area contributed by atoms with E-state index in [1.54, 1.807) is 12.1 Å². The summed E-state index contributed by atoms with van der Waals surface area (Å²) in [4.78, 5) is 0. The van der Waals surface area contributed by atoms with Crippen LogP contribution in [0, 0.1) is 0 Å². The van der Waals surface area contributed by atoms with Crippen LogP contribution in [0.1, 0.15) is 11.4 Å². The molecule has 96 valence electrons. The summed E-state index contributed by atoms with van der Waals surface area (Å²) in [7, 11) is 0. The predicted molar refractivity (Wildman–Crippen MR) is 71.6 cm³/mol. The molecule has 19 heavy (non-hydrogen) atoms. The minimum atomic E-state index is 0.284. The first-order valence-electron chi connectivity index (χ1n) is 6.10. The van der Waals surface area contributed by atoms with Crippen LogP contribution in [0.4, 0.5) is 0 Å². The number of nitrogens with one attached hydrogen (secondary N) is 1. The van der Waals surface area contributed by atoms with Gasteiger partial charge in [-0.25, -0.2) is 0 Å². The van der Waals surface area contributed by atoms with Crippen LogP contribution in [0.3, 0.4) is 0 Å². The van der Waals surface area contributed by atoms with Crippen LogP contribution in [-0.4, -0.2) is 19.7 Å². The molecule has 0 unspecified atom stereocenters. The molecule has 0 fully saturated rings. The standard InChI is InChI=1S/C14H14N4O/c19-12-5-3-4-11(8-12)9-15-10-14-17-16-13-6-1-2-7-18(13)14/h1-8,15,19H,9-10H2. The Hall–Kier alpha value is -2.40. The van der Waals surface area contributed by atoms with E-state index in [2.05, 4.69) is 15.5 Å². The molecule has 0 aliphatic heterocycles. The van der Waals surface area contributed by atoms with Gasteiger partial charge in [0, 0.05) is 12.7 Å². The van der Waals surface area contributed by atoms with Gasteiger partial charge in [-0.15, -0.1) is 10.2 Å². The Morgan fingerprint density at radius 1 is 1.05 bits per heavy atom. The van der Waals surface area contributed by atoms with Crippen LogP contribution in [0.15, 0.2) is 48.7 Å².